The summed E-state index contributed by atoms with van der Waals surface area (Å²) >= 11 is 19.9. The Morgan fingerprint density at radius 2 is 0.984 bits per heavy atom. The molecule has 0 bridgehead atoms. The fourth-order valence-corrected chi connectivity index (χ4v) is 5.31. The molecule has 5 aromatic rings. The van der Waals surface area contributed by atoms with Gasteiger partial charge in [-0.1, -0.05) is 39.1 Å². The van der Waals surface area contributed by atoms with E-state index in [1.807, 2.05) is 19.9 Å². The number of rotatable bonds is 13. The van der Waals surface area contributed by atoms with Gasteiger partial charge in [-0.25, -0.2) is 13.2 Å². The summed E-state index contributed by atoms with van der Waals surface area (Å²) in [7, 11) is 0. The molecule has 5 aromatic carbocycles. The van der Waals surface area contributed by atoms with Crippen molar-refractivity contribution in [1.29, 1.82) is 10.5 Å². The maximum Gasteiger partial charge on any atom is 0.204 e. The maximum atomic E-state index is 13.4. The van der Waals surface area contributed by atoms with E-state index in [1.165, 1.54) is 85.8 Å². The van der Waals surface area contributed by atoms with Crippen LogP contribution in [0.2, 0.25) is 10.0 Å². The summed E-state index contributed by atoms with van der Waals surface area (Å²) in [5, 5.41) is 27.4. The lowest BCUT2D eigenvalue weighted by Gasteiger charge is -2.11. The summed E-state index contributed by atoms with van der Waals surface area (Å²) < 4.78 is 60.0. The van der Waals surface area contributed by atoms with Crippen LogP contribution in [0.3, 0.4) is 0 Å². The molecule has 0 saturated heterocycles. The second-order valence-corrected chi connectivity index (χ2v) is 13.0. The van der Waals surface area contributed by atoms with E-state index < -0.39 is 23.2 Å². The van der Waals surface area contributed by atoms with Gasteiger partial charge in [0.05, 0.1) is 53.0 Å². The van der Waals surface area contributed by atoms with Crippen molar-refractivity contribution in [3.8, 4) is 40.9 Å². The van der Waals surface area contributed by atoms with E-state index in [9.17, 15) is 27.6 Å². The highest BCUT2D eigenvalue weighted by molar-refractivity contribution is 9.93. The van der Waals surface area contributed by atoms with Gasteiger partial charge >= 0.3 is 0 Å². The fourth-order valence-electron chi connectivity index (χ4n) is 4.67. The zero-order valence-corrected chi connectivity index (χ0v) is 39.7. The van der Waals surface area contributed by atoms with Crippen LogP contribution >= 0.6 is 67.4 Å². The normalized spacial score (nSPS) is 9.52. The van der Waals surface area contributed by atoms with Gasteiger partial charge in [-0.05, 0) is 119 Å². The molecule has 0 saturated carbocycles. The zero-order chi connectivity index (χ0) is 46.8. The number of carbonyl (C=O) groups excluding carboxylic acids is 3. The minimum absolute atomic E-state index is 0.0353. The first-order valence-electron chi connectivity index (χ1n) is 17.9. The number of Topliss-reactive ketones (excluding diaryl/α,β-unsaturated/α-hetero) is 3. The second kappa shape index (κ2) is 30.0. The topological polar surface area (TPSA) is 156 Å². The minimum atomic E-state index is -0.541. The highest BCUT2D eigenvalue weighted by Crippen LogP contribution is 2.25. The first-order chi connectivity index (χ1) is 29.6. The third kappa shape index (κ3) is 18.9. The Bertz CT molecular complexity index is 2360. The van der Waals surface area contributed by atoms with Gasteiger partial charge in [0.2, 0.25) is 5.78 Å². The predicted molar refractivity (Wildman–Crippen MR) is 243 cm³/mol. The molecule has 0 fully saturated rings. The van der Waals surface area contributed by atoms with Crippen molar-refractivity contribution in [2.75, 3.05) is 31.8 Å². The molecule has 0 aliphatic rings. The molecule has 0 aliphatic carbocycles. The number of halogens is 8. The second-order valence-electron chi connectivity index (χ2n) is 11.6. The number of benzene rings is 5. The molecule has 0 amide bonds. The van der Waals surface area contributed by atoms with Gasteiger partial charge in [0.1, 0.15) is 58.3 Å². The molecule has 0 aromatic heterocycles. The van der Waals surface area contributed by atoms with E-state index in [1.54, 1.807) is 19.1 Å². The van der Waals surface area contributed by atoms with Crippen LogP contribution in [0, 0.1) is 40.1 Å². The number of carbonyl (C=O) groups is 3. The van der Waals surface area contributed by atoms with E-state index in [-0.39, 0.29) is 57.3 Å². The van der Waals surface area contributed by atoms with E-state index in [0.29, 0.717) is 52.7 Å². The minimum Gasteiger partial charge on any atom is -0.507 e. The summed E-state index contributed by atoms with van der Waals surface area (Å²) in [6.07, 6.45) is 0. The van der Waals surface area contributed by atoms with Crippen LogP contribution in [0.4, 0.5) is 13.2 Å². The Morgan fingerprint density at radius 1 is 0.597 bits per heavy atom. The van der Waals surface area contributed by atoms with Gasteiger partial charge in [-0.3, -0.25) is 14.4 Å². The van der Waals surface area contributed by atoms with Crippen LogP contribution in [0.15, 0.2) is 91.0 Å². The number of aromatic hydroxyl groups is 1. The SMILES string of the molecule is BrBr.CCOc1ccc(F)cc1C(=O)CBr.CCOc1ccc(F)cc1C(=O)COc1ccc(Cl)cc1C#N.CCOc1ccc(F)cc1C(C)=O.N#Cc1cc(Cl)ccc1O. The lowest BCUT2D eigenvalue weighted by atomic mass is 10.1. The first kappa shape index (κ1) is 54.9. The smallest absolute Gasteiger partial charge is 0.204 e. The summed E-state index contributed by atoms with van der Waals surface area (Å²) in [6, 6.07) is 24.1. The van der Waals surface area contributed by atoms with Crippen molar-refractivity contribution in [2.45, 2.75) is 27.7 Å². The monoisotopic (exact) mass is 1090 g/mol. The standard InChI is InChI=1S/C17H13ClFNO3.C10H10BrFO2.C10H11FO2.C7H4ClNO.Br2/c1-2-22-17-6-4-13(19)8-14(17)15(21)10-23-16-5-3-12(18)7-11(16)9-20;1-2-14-10-4-3-7(12)5-8(10)9(13)6-11;1-3-13-10-5-4-8(11)6-9(10)7(2)12;8-6-1-2-7(10)5(3-6)4-9;1-2/h3-8H,2,10H2,1H3;3-5H,2,6H2,1H3;4-6H,3H2,1-2H3;1-3,10H;. The van der Waals surface area contributed by atoms with E-state index in [2.05, 4.69) is 44.2 Å². The van der Waals surface area contributed by atoms with E-state index in [4.69, 9.17) is 57.8 Å². The Labute approximate surface area is 391 Å². The number of hydrogen-bond donors (Lipinski definition) is 1. The number of nitrogens with zero attached hydrogens (tertiary/aromatic N) is 2. The third-order valence-electron chi connectivity index (χ3n) is 7.33. The van der Waals surface area contributed by atoms with Crippen LogP contribution in [-0.2, 0) is 0 Å². The van der Waals surface area contributed by atoms with Crippen LogP contribution in [0.5, 0.6) is 28.7 Å². The number of nitriles is 2. The molecule has 0 atom stereocenters. The summed E-state index contributed by atoms with van der Waals surface area (Å²) in [6.45, 7) is 7.69. The lowest BCUT2D eigenvalue weighted by molar-refractivity contribution is 0.0916. The van der Waals surface area contributed by atoms with Gasteiger partial charge in [0.15, 0.2) is 18.2 Å². The molecule has 10 nitrogen and oxygen atoms in total. The van der Waals surface area contributed by atoms with Crippen molar-refractivity contribution in [1.82, 2.24) is 0 Å². The molecule has 0 heterocycles. The van der Waals surface area contributed by atoms with E-state index >= 15 is 0 Å². The number of phenols is 1. The molecule has 0 unspecified atom stereocenters. The van der Waals surface area contributed by atoms with Crippen molar-refractivity contribution in [2.24, 2.45) is 0 Å². The largest absolute Gasteiger partial charge is 0.507 e. The highest BCUT2D eigenvalue weighted by atomic mass is 80.9. The van der Waals surface area contributed by atoms with Crippen molar-refractivity contribution in [3.05, 3.63) is 146 Å². The molecule has 0 aliphatic heterocycles. The number of hydrogen-bond acceptors (Lipinski definition) is 10. The number of ether oxygens (including phenoxy) is 4. The Hall–Kier alpha value is -5.10. The molecule has 328 valence electrons. The van der Waals surface area contributed by atoms with Gasteiger partial charge in [0.25, 0.3) is 0 Å². The van der Waals surface area contributed by atoms with E-state index in [0.717, 1.165) is 6.07 Å². The molecular formula is C44H38Br3Cl2F3N2O8. The van der Waals surface area contributed by atoms with Crippen molar-refractivity contribution in [3.63, 3.8) is 0 Å². The first-order valence-corrected chi connectivity index (χ1v) is 23.5. The third-order valence-corrected chi connectivity index (χ3v) is 8.31. The average molecular weight is 1090 g/mol. The molecule has 0 spiro atoms. The van der Waals surface area contributed by atoms with Crippen molar-refractivity contribution >= 4 is 84.7 Å². The van der Waals surface area contributed by atoms with Crippen LogP contribution in [0.1, 0.15) is 69.9 Å². The fraction of sp³-hybridized carbons (Fsp3) is 0.205. The highest BCUT2D eigenvalue weighted by Gasteiger charge is 2.16. The van der Waals surface area contributed by atoms with Crippen LogP contribution in [-0.4, -0.2) is 54.2 Å². The number of alkyl halides is 1. The molecule has 62 heavy (non-hydrogen) atoms. The average Bonchev–Trinajstić information content (AvgIpc) is 3.27. The summed E-state index contributed by atoms with van der Waals surface area (Å²) in [5.74, 6) is -0.865. The Kier molecular flexibility index (Phi) is 26.6. The number of phenolic OH excluding ortho intramolecular Hbond substituents is 1. The van der Waals surface area contributed by atoms with Gasteiger partial charge in [-0.2, -0.15) is 10.5 Å². The molecule has 0 radical (unpaired) electrons. The van der Waals surface area contributed by atoms with Crippen molar-refractivity contribution < 1.29 is 51.6 Å². The zero-order valence-electron chi connectivity index (χ0n) is 33.4. The number of ketones is 3. The lowest BCUT2D eigenvalue weighted by Crippen LogP contribution is -2.14. The predicted octanol–water partition coefficient (Wildman–Crippen LogP) is 12.8. The Balaban J connectivity index is 0.000000428. The summed E-state index contributed by atoms with van der Waals surface area (Å²) in [5.41, 5.74) is 1.09. The van der Waals surface area contributed by atoms with Crippen LogP contribution < -0.4 is 18.9 Å². The Morgan fingerprint density at radius 3 is 1.39 bits per heavy atom. The van der Waals surface area contributed by atoms with Gasteiger partial charge in [0, 0.05) is 38.3 Å². The maximum absolute atomic E-state index is 13.4. The summed E-state index contributed by atoms with van der Waals surface area (Å²) in [4.78, 5) is 34.7. The molecule has 18 heteroatoms. The quantitative estimate of drug-likeness (QED) is 0.0889. The molecular weight excluding hydrogens is 1050 g/mol. The molecule has 1 N–H and O–H groups in total. The van der Waals surface area contributed by atoms with Gasteiger partial charge in [-0.15, -0.1) is 0 Å². The van der Waals surface area contributed by atoms with Crippen LogP contribution in [0.25, 0.3) is 0 Å². The molecule has 5 rings (SSSR count). The van der Waals surface area contributed by atoms with Gasteiger partial charge < -0.3 is 24.1 Å².